The van der Waals surface area contributed by atoms with Gasteiger partial charge in [0.2, 0.25) is 0 Å². The van der Waals surface area contributed by atoms with Gasteiger partial charge in [-0.2, -0.15) is 0 Å². The molecule has 2 N–H and O–H groups in total. The molecule has 0 amide bonds. The summed E-state index contributed by atoms with van der Waals surface area (Å²) in [6.45, 7) is 0. The van der Waals surface area contributed by atoms with Crippen molar-refractivity contribution in [3.63, 3.8) is 0 Å². The van der Waals surface area contributed by atoms with Crippen molar-refractivity contribution >= 4 is 17.3 Å². The molecule has 1 aromatic carbocycles. The van der Waals surface area contributed by atoms with Crippen LogP contribution in [0.5, 0.6) is 0 Å². The van der Waals surface area contributed by atoms with E-state index in [1.165, 1.54) is 12.1 Å². The van der Waals surface area contributed by atoms with Crippen molar-refractivity contribution in [2.45, 2.75) is 18.4 Å². The summed E-state index contributed by atoms with van der Waals surface area (Å²) in [6.07, 6.45) is 3.96. The number of nitrogens with zero attached hydrogens (tertiary/aromatic N) is 3. The molecule has 0 unspecified atom stereocenters. The third-order valence-electron chi connectivity index (χ3n) is 4.14. The summed E-state index contributed by atoms with van der Waals surface area (Å²) >= 11 is 6.12. The van der Waals surface area contributed by atoms with Gasteiger partial charge in [-0.05, 0) is 36.4 Å². The van der Waals surface area contributed by atoms with Crippen LogP contribution in [0.3, 0.4) is 0 Å². The van der Waals surface area contributed by atoms with Gasteiger partial charge in [0.15, 0.2) is 0 Å². The fourth-order valence-electron chi connectivity index (χ4n) is 2.97. The Balaban J connectivity index is 2.11. The Hall–Kier alpha value is -2.83. The predicted octanol–water partition coefficient (Wildman–Crippen LogP) is 3.68. The monoisotopic (exact) mass is 368 g/mol. The number of hydrogen-bond acceptors (Lipinski definition) is 5. The van der Waals surface area contributed by atoms with Gasteiger partial charge in [-0.3, -0.25) is 20.1 Å². The van der Waals surface area contributed by atoms with E-state index in [9.17, 15) is 10.1 Å². The Morgan fingerprint density at radius 1 is 1.00 bits per heavy atom. The molecular formula is C19H17ClN4O2. The molecule has 0 aliphatic rings. The number of hydrogen-bond donors (Lipinski definition) is 1. The average Bonchev–Trinajstić information content (AvgIpc) is 2.63. The van der Waals surface area contributed by atoms with E-state index in [0.29, 0.717) is 23.4 Å². The lowest BCUT2D eigenvalue weighted by atomic mass is 9.81. The molecule has 6 nitrogen and oxygen atoms in total. The lowest BCUT2D eigenvalue weighted by molar-refractivity contribution is -0.386. The summed E-state index contributed by atoms with van der Waals surface area (Å²) in [5.41, 5.74) is 7.43. The van der Waals surface area contributed by atoms with E-state index in [2.05, 4.69) is 9.97 Å². The normalized spacial score (nSPS) is 11.3. The van der Waals surface area contributed by atoms with Crippen LogP contribution >= 0.6 is 11.6 Å². The van der Waals surface area contributed by atoms with Crippen LogP contribution in [-0.2, 0) is 18.4 Å². The van der Waals surface area contributed by atoms with E-state index in [0.717, 1.165) is 11.4 Å². The zero-order chi connectivity index (χ0) is 18.6. The second kappa shape index (κ2) is 7.59. The molecule has 26 heavy (non-hydrogen) atoms. The van der Waals surface area contributed by atoms with Crippen LogP contribution in [0.1, 0.15) is 17.0 Å². The van der Waals surface area contributed by atoms with Gasteiger partial charge in [0, 0.05) is 47.7 Å². The van der Waals surface area contributed by atoms with Gasteiger partial charge in [-0.25, -0.2) is 0 Å². The van der Waals surface area contributed by atoms with Crippen molar-refractivity contribution < 1.29 is 4.92 Å². The first-order valence-corrected chi connectivity index (χ1v) is 8.39. The van der Waals surface area contributed by atoms with E-state index in [1.54, 1.807) is 18.5 Å². The van der Waals surface area contributed by atoms with Crippen molar-refractivity contribution in [3.05, 3.63) is 99.1 Å². The second-order valence-electron chi connectivity index (χ2n) is 6.07. The molecule has 0 aliphatic carbocycles. The molecule has 3 rings (SSSR count). The Labute approximate surface area is 155 Å². The zero-order valence-electron chi connectivity index (χ0n) is 13.9. The fourth-order valence-corrected chi connectivity index (χ4v) is 3.14. The van der Waals surface area contributed by atoms with Crippen LogP contribution < -0.4 is 5.73 Å². The number of nitrogens with two attached hydrogens (primary N) is 1. The molecule has 0 fully saturated rings. The summed E-state index contributed by atoms with van der Waals surface area (Å²) in [5.74, 6) is 0. The quantitative estimate of drug-likeness (QED) is 0.529. The van der Waals surface area contributed by atoms with Gasteiger partial charge in [0.1, 0.15) is 0 Å². The highest BCUT2D eigenvalue weighted by molar-refractivity contribution is 6.30. The topological polar surface area (TPSA) is 94.9 Å². The average molecular weight is 369 g/mol. The molecule has 3 aromatic rings. The number of nitro benzene ring substituents is 1. The van der Waals surface area contributed by atoms with E-state index >= 15 is 0 Å². The Bertz CT molecular complexity index is 862. The van der Waals surface area contributed by atoms with Crippen molar-refractivity contribution in [1.82, 2.24) is 9.97 Å². The lowest BCUT2D eigenvalue weighted by Gasteiger charge is -2.29. The van der Waals surface area contributed by atoms with Gasteiger partial charge in [-0.15, -0.1) is 0 Å². The van der Waals surface area contributed by atoms with Crippen molar-refractivity contribution in [1.29, 1.82) is 0 Å². The SMILES string of the molecule is NC(Cc1ccccn1)(Cc1ccccn1)c1cc(Cl)ccc1[N+](=O)[O-]. The third kappa shape index (κ3) is 4.04. The standard InChI is InChI=1S/C19H17ClN4O2/c20-14-7-8-18(24(25)26)17(11-14)19(21,12-15-5-1-3-9-22-15)13-16-6-2-4-10-23-16/h1-11H,12-13,21H2. The first-order valence-electron chi connectivity index (χ1n) is 8.01. The van der Waals surface area contributed by atoms with Gasteiger partial charge < -0.3 is 5.73 Å². The number of rotatable bonds is 6. The molecule has 0 spiro atoms. The molecule has 0 saturated heterocycles. The van der Waals surface area contributed by atoms with Crippen LogP contribution in [-0.4, -0.2) is 14.9 Å². The first-order chi connectivity index (χ1) is 12.5. The minimum atomic E-state index is -1.09. The minimum Gasteiger partial charge on any atom is -0.321 e. The maximum absolute atomic E-state index is 11.6. The number of halogens is 1. The Morgan fingerprint density at radius 2 is 1.58 bits per heavy atom. The lowest BCUT2D eigenvalue weighted by Crippen LogP contribution is -2.42. The Kier molecular flexibility index (Phi) is 5.25. The molecule has 0 aliphatic heterocycles. The maximum Gasteiger partial charge on any atom is 0.274 e. The highest BCUT2D eigenvalue weighted by atomic mass is 35.5. The van der Waals surface area contributed by atoms with Crippen molar-refractivity contribution in [2.75, 3.05) is 0 Å². The molecule has 132 valence electrons. The minimum absolute atomic E-state index is 0.0660. The molecule has 0 bridgehead atoms. The number of nitro groups is 1. The largest absolute Gasteiger partial charge is 0.321 e. The van der Waals surface area contributed by atoms with Crippen LogP contribution in [0.2, 0.25) is 5.02 Å². The summed E-state index contributed by atoms with van der Waals surface area (Å²) in [4.78, 5) is 19.8. The first kappa shape index (κ1) is 18.0. The fraction of sp³-hybridized carbons (Fsp3) is 0.158. The summed E-state index contributed by atoms with van der Waals surface area (Å²) in [6, 6.07) is 15.5. The van der Waals surface area contributed by atoms with E-state index in [-0.39, 0.29) is 5.69 Å². The molecule has 0 atom stereocenters. The zero-order valence-corrected chi connectivity index (χ0v) is 14.6. The highest BCUT2D eigenvalue weighted by Crippen LogP contribution is 2.35. The second-order valence-corrected chi connectivity index (χ2v) is 6.51. The van der Waals surface area contributed by atoms with Gasteiger partial charge >= 0.3 is 0 Å². The number of aromatic nitrogens is 2. The maximum atomic E-state index is 11.6. The van der Waals surface area contributed by atoms with Gasteiger partial charge in [0.05, 0.1) is 16.0 Å². The third-order valence-corrected chi connectivity index (χ3v) is 4.37. The van der Waals surface area contributed by atoms with Crippen LogP contribution in [0.4, 0.5) is 5.69 Å². The van der Waals surface area contributed by atoms with E-state index in [4.69, 9.17) is 17.3 Å². The number of benzene rings is 1. The van der Waals surface area contributed by atoms with Gasteiger partial charge in [-0.1, -0.05) is 23.7 Å². The van der Waals surface area contributed by atoms with Crippen LogP contribution in [0.15, 0.2) is 67.0 Å². The smallest absolute Gasteiger partial charge is 0.274 e. The highest BCUT2D eigenvalue weighted by Gasteiger charge is 2.35. The van der Waals surface area contributed by atoms with Crippen molar-refractivity contribution in [3.8, 4) is 0 Å². The van der Waals surface area contributed by atoms with Crippen LogP contribution in [0.25, 0.3) is 0 Å². The van der Waals surface area contributed by atoms with Crippen LogP contribution in [0, 0.1) is 10.1 Å². The van der Waals surface area contributed by atoms with E-state index < -0.39 is 10.5 Å². The predicted molar refractivity (Wildman–Crippen MR) is 99.9 cm³/mol. The number of pyridine rings is 2. The molecule has 2 heterocycles. The molecule has 0 saturated carbocycles. The summed E-state index contributed by atoms with van der Waals surface area (Å²) in [7, 11) is 0. The molecule has 7 heteroatoms. The molecule has 0 radical (unpaired) electrons. The van der Waals surface area contributed by atoms with Crippen molar-refractivity contribution in [2.24, 2.45) is 5.73 Å². The molecular weight excluding hydrogens is 352 g/mol. The Morgan fingerprint density at radius 3 is 2.04 bits per heavy atom. The van der Waals surface area contributed by atoms with Gasteiger partial charge in [0.25, 0.3) is 5.69 Å². The molecule has 2 aromatic heterocycles. The summed E-state index contributed by atoms with van der Waals surface area (Å²) in [5, 5.41) is 12.0. The summed E-state index contributed by atoms with van der Waals surface area (Å²) < 4.78 is 0. The van der Waals surface area contributed by atoms with E-state index in [1.807, 2.05) is 36.4 Å².